The third-order valence-electron chi connectivity index (χ3n) is 4.17. The summed E-state index contributed by atoms with van der Waals surface area (Å²) >= 11 is 0. The number of hydrazone groups is 1. The predicted octanol–water partition coefficient (Wildman–Crippen LogP) is 4.41. The van der Waals surface area contributed by atoms with Gasteiger partial charge in [-0.25, -0.2) is 5.43 Å². The average Bonchev–Trinajstić information content (AvgIpc) is 3.23. The van der Waals surface area contributed by atoms with Gasteiger partial charge in [0.15, 0.2) is 0 Å². The Morgan fingerprint density at radius 1 is 1.14 bits per heavy atom. The Labute approximate surface area is 164 Å². The van der Waals surface area contributed by atoms with Crippen molar-refractivity contribution in [3.63, 3.8) is 0 Å². The molecule has 0 aliphatic rings. The van der Waals surface area contributed by atoms with Gasteiger partial charge in [0.25, 0.3) is 5.91 Å². The molecule has 0 radical (unpaired) electrons. The number of hydrogen-bond donors (Lipinski definition) is 2. The van der Waals surface area contributed by atoms with Crippen LogP contribution in [-0.2, 0) is 0 Å². The van der Waals surface area contributed by atoms with E-state index in [1.807, 2.05) is 54.6 Å². The monoisotopic (exact) mass is 376 g/mol. The summed E-state index contributed by atoms with van der Waals surface area (Å²) in [5.74, 6) is 0.491. The van der Waals surface area contributed by atoms with Crippen LogP contribution in [0.4, 0.5) is 0 Å². The molecule has 0 fully saturated rings. The minimum absolute atomic E-state index is 0.346. The molecule has 2 aromatic carbocycles. The quantitative estimate of drug-likeness (QED) is 0.330. The fourth-order valence-electron chi connectivity index (χ4n) is 2.61. The van der Waals surface area contributed by atoms with Gasteiger partial charge in [-0.2, -0.15) is 10.2 Å². The van der Waals surface area contributed by atoms with Gasteiger partial charge in [0, 0.05) is 5.56 Å². The summed E-state index contributed by atoms with van der Waals surface area (Å²) in [5.41, 5.74) is 5.34. The fourth-order valence-corrected chi connectivity index (χ4v) is 2.61. The third kappa shape index (κ3) is 5.54. The SMILES string of the molecule is CCCCCOc1ccc(-c2cc(C(=O)N/N=C/c3ccccc3)[nH]n2)cc1. The molecule has 0 aliphatic carbocycles. The summed E-state index contributed by atoms with van der Waals surface area (Å²) in [6.45, 7) is 2.90. The van der Waals surface area contributed by atoms with Crippen LogP contribution >= 0.6 is 0 Å². The van der Waals surface area contributed by atoms with Crippen LogP contribution in [0.15, 0.2) is 65.8 Å². The molecule has 0 atom stereocenters. The van der Waals surface area contributed by atoms with Gasteiger partial charge in [-0.05, 0) is 42.3 Å². The molecule has 28 heavy (non-hydrogen) atoms. The standard InChI is InChI=1S/C22H24N4O2/c1-2-3-7-14-28-19-12-10-18(11-13-19)20-15-21(25-24-20)22(27)26-23-16-17-8-5-4-6-9-17/h4-6,8-13,15-16H,2-3,7,14H2,1H3,(H,24,25)(H,26,27)/b23-16+. The van der Waals surface area contributed by atoms with E-state index in [-0.39, 0.29) is 5.91 Å². The molecule has 1 aromatic heterocycles. The molecule has 0 aliphatic heterocycles. The number of nitrogens with zero attached hydrogens (tertiary/aromatic N) is 2. The first-order valence-corrected chi connectivity index (χ1v) is 9.43. The van der Waals surface area contributed by atoms with Crippen LogP contribution in [0.5, 0.6) is 5.75 Å². The maximum atomic E-state index is 12.2. The summed E-state index contributed by atoms with van der Waals surface area (Å²) in [7, 11) is 0. The topological polar surface area (TPSA) is 79.4 Å². The molecule has 6 nitrogen and oxygen atoms in total. The number of unbranched alkanes of at least 4 members (excludes halogenated alkanes) is 2. The van der Waals surface area contributed by atoms with E-state index in [0.717, 1.165) is 29.9 Å². The lowest BCUT2D eigenvalue weighted by Crippen LogP contribution is -2.17. The number of H-pyrrole nitrogens is 1. The Kier molecular flexibility index (Phi) is 6.95. The molecular formula is C22H24N4O2. The van der Waals surface area contributed by atoms with Crippen molar-refractivity contribution in [1.82, 2.24) is 15.6 Å². The first kappa shape index (κ1) is 19.4. The molecule has 1 amide bonds. The van der Waals surface area contributed by atoms with Gasteiger partial charge in [0.05, 0.1) is 18.5 Å². The Bertz CT molecular complexity index is 902. The Hall–Kier alpha value is -3.41. The average molecular weight is 376 g/mol. The molecule has 1 heterocycles. The van der Waals surface area contributed by atoms with Crippen LogP contribution in [-0.4, -0.2) is 28.9 Å². The number of carbonyl (C=O) groups is 1. The number of ether oxygens (including phenoxy) is 1. The number of aromatic nitrogens is 2. The maximum absolute atomic E-state index is 12.2. The second kappa shape index (κ2) is 10.1. The van der Waals surface area contributed by atoms with Crippen molar-refractivity contribution in [2.75, 3.05) is 6.61 Å². The van der Waals surface area contributed by atoms with Gasteiger partial charge >= 0.3 is 0 Å². The smallest absolute Gasteiger partial charge is 0.289 e. The number of rotatable bonds is 9. The molecule has 0 saturated carbocycles. The van der Waals surface area contributed by atoms with E-state index >= 15 is 0 Å². The van der Waals surface area contributed by atoms with Crippen molar-refractivity contribution in [3.8, 4) is 17.0 Å². The van der Waals surface area contributed by atoms with Crippen LogP contribution in [0.3, 0.4) is 0 Å². The van der Waals surface area contributed by atoms with E-state index in [9.17, 15) is 4.79 Å². The number of carbonyl (C=O) groups excluding carboxylic acids is 1. The van der Waals surface area contributed by atoms with Crippen LogP contribution in [0.2, 0.25) is 0 Å². The van der Waals surface area contributed by atoms with Crippen LogP contribution in [0, 0.1) is 0 Å². The summed E-state index contributed by atoms with van der Waals surface area (Å²) in [6.07, 6.45) is 5.00. The van der Waals surface area contributed by atoms with Gasteiger partial charge in [-0.1, -0.05) is 50.1 Å². The number of nitrogens with one attached hydrogen (secondary N) is 2. The van der Waals surface area contributed by atoms with Gasteiger partial charge in [0.2, 0.25) is 0 Å². The second-order valence-electron chi connectivity index (χ2n) is 6.36. The fraction of sp³-hybridized carbons (Fsp3) is 0.227. The lowest BCUT2D eigenvalue weighted by molar-refractivity contribution is 0.0950. The summed E-state index contributed by atoms with van der Waals surface area (Å²) in [6, 6.07) is 18.9. The highest BCUT2D eigenvalue weighted by Gasteiger charge is 2.10. The molecule has 0 bridgehead atoms. The molecule has 6 heteroatoms. The Morgan fingerprint density at radius 3 is 2.68 bits per heavy atom. The number of benzene rings is 2. The van der Waals surface area contributed by atoms with E-state index in [2.05, 4.69) is 27.6 Å². The lowest BCUT2D eigenvalue weighted by atomic mass is 10.1. The van der Waals surface area contributed by atoms with E-state index < -0.39 is 0 Å². The largest absolute Gasteiger partial charge is 0.494 e. The molecule has 0 unspecified atom stereocenters. The molecule has 0 spiro atoms. The molecular weight excluding hydrogens is 352 g/mol. The van der Waals surface area contributed by atoms with E-state index in [1.54, 1.807) is 12.3 Å². The number of hydrogen-bond acceptors (Lipinski definition) is 4. The maximum Gasteiger partial charge on any atom is 0.289 e. The molecule has 3 rings (SSSR count). The highest BCUT2D eigenvalue weighted by atomic mass is 16.5. The van der Waals surface area contributed by atoms with Gasteiger partial charge in [-0.3, -0.25) is 9.89 Å². The van der Waals surface area contributed by atoms with Gasteiger partial charge in [-0.15, -0.1) is 0 Å². The van der Waals surface area contributed by atoms with Crippen molar-refractivity contribution >= 4 is 12.1 Å². The van der Waals surface area contributed by atoms with E-state index in [1.165, 1.54) is 12.8 Å². The summed E-state index contributed by atoms with van der Waals surface area (Å²) < 4.78 is 5.71. The summed E-state index contributed by atoms with van der Waals surface area (Å²) in [5, 5.41) is 10.9. The van der Waals surface area contributed by atoms with E-state index in [0.29, 0.717) is 11.4 Å². The molecule has 0 saturated heterocycles. The minimum atomic E-state index is -0.346. The van der Waals surface area contributed by atoms with Crippen molar-refractivity contribution in [3.05, 3.63) is 71.9 Å². The van der Waals surface area contributed by atoms with Gasteiger partial charge < -0.3 is 4.74 Å². The highest BCUT2D eigenvalue weighted by molar-refractivity contribution is 5.94. The zero-order valence-electron chi connectivity index (χ0n) is 15.9. The van der Waals surface area contributed by atoms with E-state index in [4.69, 9.17) is 4.74 Å². The first-order chi connectivity index (χ1) is 13.8. The second-order valence-corrected chi connectivity index (χ2v) is 6.36. The van der Waals surface area contributed by atoms with Crippen molar-refractivity contribution in [1.29, 1.82) is 0 Å². The third-order valence-corrected chi connectivity index (χ3v) is 4.17. The summed E-state index contributed by atoms with van der Waals surface area (Å²) in [4.78, 5) is 12.2. The van der Waals surface area contributed by atoms with Crippen LogP contribution in [0.25, 0.3) is 11.3 Å². The first-order valence-electron chi connectivity index (χ1n) is 9.43. The van der Waals surface area contributed by atoms with Crippen LogP contribution < -0.4 is 10.2 Å². The van der Waals surface area contributed by atoms with Crippen molar-refractivity contribution < 1.29 is 9.53 Å². The normalized spacial score (nSPS) is 10.9. The molecule has 144 valence electrons. The van der Waals surface area contributed by atoms with Gasteiger partial charge in [0.1, 0.15) is 11.4 Å². The predicted molar refractivity (Wildman–Crippen MR) is 111 cm³/mol. The highest BCUT2D eigenvalue weighted by Crippen LogP contribution is 2.21. The Balaban J connectivity index is 1.55. The van der Waals surface area contributed by atoms with Crippen molar-refractivity contribution in [2.24, 2.45) is 5.10 Å². The molecule has 2 N–H and O–H groups in total. The lowest BCUT2D eigenvalue weighted by Gasteiger charge is -2.06. The van der Waals surface area contributed by atoms with Crippen LogP contribution in [0.1, 0.15) is 42.2 Å². The molecule has 3 aromatic rings. The van der Waals surface area contributed by atoms with Crippen molar-refractivity contribution in [2.45, 2.75) is 26.2 Å². The zero-order chi connectivity index (χ0) is 19.6. The number of aromatic amines is 1. The number of amides is 1. The Morgan fingerprint density at radius 2 is 1.93 bits per heavy atom. The zero-order valence-corrected chi connectivity index (χ0v) is 15.9. The minimum Gasteiger partial charge on any atom is -0.494 e.